The second kappa shape index (κ2) is 8.63. The van der Waals surface area contributed by atoms with E-state index in [1.54, 1.807) is 0 Å². The maximum Gasteiger partial charge on any atom is 0.237 e. The molecule has 0 N–H and O–H groups in total. The first-order valence-electron chi connectivity index (χ1n) is 9.68. The van der Waals surface area contributed by atoms with Gasteiger partial charge in [0.15, 0.2) is 11.0 Å². The minimum Gasteiger partial charge on any atom is -0.311 e. The van der Waals surface area contributed by atoms with Crippen LogP contribution >= 0.6 is 23.5 Å². The maximum atomic E-state index is 13.1. The van der Waals surface area contributed by atoms with Crippen LogP contribution in [0.3, 0.4) is 0 Å². The smallest absolute Gasteiger partial charge is 0.237 e. The second-order valence-corrected chi connectivity index (χ2v) is 9.67. The van der Waals surface area contributed by atoms with E-state index < -0.39 is 0 Å². The van der Waals surface area contributed by atoms with Gasteiger partial charge in [-0.2, -0.15) is 0 Å². The second-order valence-electron chi connectivity index (χ2n) is 7.25. The van der Waals surface area contributed by atoms with Gasteiger partial charge in [-0.1, -0.05) is 60.6 Å². The lowest BCUT2D eigenvalue weighted by atomic mass is 10.1. The standard InChI is InChI=1S/C22H24N4OS2/c1-15-8-10-17(11-9-15)21-23-24-22(25(21)3)28-14-20(27)26-13-12-16(2)29-19-7-5-4-6-18(19)26/h4-11,16H,12-14H2,1-3H3. The Hall–Kier alpha value is -2.25. The zero-order valence-corrected chi connectivity index (χ0v) is 18.5. The molecule has 0 saturated carbocycles. The van der Waals surface area contributed by atoms with Gasteiger partial charge in [-0.25, -0.2) is 0 Å². The van der Waals surface area contributed by atoms with Gasteiger partial charge in [0.05, 0.1) is 11.4 Å². The molecule has 29 heavy (non-hydrogen) atoms. The van der Waals surface area contributed by atoms with Crippen molar-refractivity contribution in [2.75, 3.05) is 17.2 Å². The van der Waals surface area contributed by atoms with Gasteiger partial charge in [0, 0.05) is 29.3 Å². The summed E-state index contributed by atoms with van der Waals surface area (Å²) in [6.45, 7) is 5.03. The number of carbonyl (C=O) groups excluding carboxylic acids is 1. The molecule has 5 nitrogen and oxygen atoms in total. The fraction of sp³-hybridized carbons (Fsp3) is 0.318. The van der Waals surface area contributed by atoms with Gasteiger partial charge in [-0.15, -0.1) is 22.0 Å². The predicted octanol–water partition coefficient (Wildman–Crippen LogP) is 4.80. The van der Waals surface area contributed by atoms with Gasteiger partial charge in [0.2, 0.25) is 5.91 Å². The highest BCUT2D eigenvalue weighted by molar-refractivity contribution is 8.00. The normalized spacial score (nSPS) is 16.4. The van der Waals surface area contributed by atoms with Crippen molar-refractivity contribution in [3.8, 4) is 11.4 Å². The van der Waals surface area contributed by atoms with Crippen LogP contribution in [0.4, 0.5) is 5.69 Å². The van der Waals surface area contributed by atoms with Crippen LogP contribution in [0.15, 0.2) is 58.6 Å². The van der Waals surface area contributed by atoms with Crippen molar-refractivity contribution < 1.29 is 4.79 Å². The number of amides is 1. The quantitative estimate of drug-likeness (QED) is 0.563. The van der Waals surface area contributed by atoms with Crippen LogP contribution in [0, 0.1) is 6.92 Å². The van der Waals surface area contributed by atoms with Crippen molar-refractivity contribution in [3.63, 3.8) is 0 Å². The van der Waals surface area contributed by atoms with Crippen LogP contribution in [-0.2, 0) is 11.8 Å². The number of aromatic nitrogens is 3. The number of para-hydroxylation sites is 1. The average molecular weight is 425 g/mol. The van der Waals surface area contributed by atoms with Crippen molar-refractivity contribution >= 4 is 35.1 Å². The Labute approximate surface area is 179 Å². The molecule has 150 valence electrons. The highest BCUT2D eigenvalue weighted by atomic mass is 32.2. The Morgan fingerprint density at radius 2 is 1.93 bits per heavy atom. The predicted molar refractivity (Wildman–Crippen MR) is 121 cm³/mol. The largest absolute Gasteiger partial charge is 0.311 e. The highest BCUT2D eigenvalue weighted by Crippen LogP contribution is 2.37. The molecule has 0 radical (unpaired) electrons. The number of fused-ring (bicyclic) bond motifs is 1. The molecule has 1 atom stereocenters. The van der Waals surface area contributed by atoms with E-state index in [4.69, 9.17) is 0 Å². The van der Waals surface area contributed by atoms with E-state index in [1.165, 1.54) is 22.2 Å². The molecule has 0 aliphatic carbocycles. The topological polar surface area (TPSA) is 51.0 Å². The SMILES string of the molecule is Cc1ccc(-c2nnc(SCC(=O)N3CCC(C)Sc4ccccc43)n2C)cc1. The van der Waals surface area contributed by atoms with Crippen LogP contribution in [-0.4, -0.2) is 38.2 Å². The van der Waals surface area contributed by atoms with Gasteiger partial charge in [-0.05, 0) is 25.5 Å². The Bertz CT molecular complexity index is 1020. The van der Waals surface area contributed by atoms with Crippen LogP contribution in [0.2, 0.25) is 0 Å². The lowest BCUT2D eigenvalue weighted by Crippen LogP contribution is -2.33. The monoisotopic (exact) mass is 424 g/mol. The molecule has 1 aromatic heterocycles. The Morgan fingerprint density at radius 1 is 1.17 bits per heavy atom. The number of nitrogens with zero attached hydrogens (tertiary/aromatic N) is 4. The molecule has 7 heteroatoms. The summed E-state index contributed by atoms with van der Waals surface area (Å²) in [6.07, 6.45) is 0.983. The Balaban J connectivity index is 1.48. The first-order chi connectivity index (χ1) is 14.0. The van der Waals surface area contributed by atoms with E-state index in [0.29, 0.717) is 11.0 Å². The molecule has 2 aromatic carbocycles. The van der Waals surface area contributed by atoms with E-state index in [0.717, 1.165) is 35.2 Å². The lowest BCUT2D eigenvalue weighted by Gasteiger charge is -2.22. The van der Waals surface area contributed by atoms with Gasteiger partial charge < -0.3 is 9.47 Å². The van der Waals surface area contributed by atoms with E-state index >= 15 is 0 Å². The van der Waals surface area contributed by atoms with Gasteiger partial charge >= 0.3 is 0 Å². The molecule has 0 fully saturated rings. The number of carbonyl (C=O) groups is 1. The summed E-state index contributed by atoms with van der Waals surface area (Å²) in [7, 11) is 1.95. The summed E-state index contributed by atoms with van der Waals surface area (Å²) in [5.41, 5.74) is 3.25. The molecule has 3 aromatic rings. The minimum absolute atomic E-state index is 0.108. The van der Waals surface area contributed by atoms with Crippen molar-refractivity contribution in [1.29, 1.82) is 0 Å². The third kappa shape index (κ3) is 4.36. The average Bonchev–Trinajstić information content (AvgIpc) is 2.98. The van der Waals surface area contributed by atoms with Crippen molar-refractivity contribution in [2.45, 2.75) is 35.6 Å². The number of aryl methyl sites for hydroxylation is 1. The molecule has 1 unspecified atom stereocenters. The summed E-state index contributed by atoms with van der Waals surface area (Å²) in [5.74, 6) is 1.26. The first kappa shape index (κ1) is 20.0. The van der Waals surface area contributed by atoms with Gasteiger partial charge in [0.1, 0.15) is 0 Å². The number of hydrogen-bond acceptors (Lipinski definition) is 5. The zero-order valence-electron chi connectivity index (χ0n) is 16.8. The molecule has 4 rings (SSSR count). The third-order valence-electron chi connectivity index (χ3n) is 5.01. The van der Waals surface area contributed by atoms with Gasteiger partial charge in [-0.3, -0.25) is 4.79 Å². The van der Waals surface area contributed by atoms with E-state index in [-0.39, 0.29) is 5.91 Å². The summed E-state index contributed by atoms with van der Waals surface area (Å²) in [4.78, 5) is 16.2. The van der Waals surface area contributed by atoms with Gasteiger partial charge in [0.25, 0.3) is 0 Å². The molecule has 2 heterocycles. The Morgan fingerprint density at radius 3 is 2.72 bits per heavy atom. The molecule has 1 aliphatic rings. The number of benzene rings is 2. The first-order valence-corrected chi connectivity index (χ1v) is 11.5. The lowest BCUT2D eigenvalue weighted by molar-refractivity contribution is -0.116. The molecule has 1 aliphatic heterocycles. The molecule has 0 spiro atoms. The fourth-order valence-electron chi connectivity index (χ4n) is 3.34. The fourth-order valence-corrected chi connectivity index (χ4v) is 5.24. The summed E-state index contributed by atoms with van der Waals surface area (Å²) in [6, 6.07) is 16.4. The summed E-state index contributed by atoms with van der Waals surface area (Å²) >= 11 is 3.29. The molecular formula is C22H24N4OS2. The molecule has 0 saturated heterocycles. The molecule has 0 bridgehead atoms. The van der Waals surface area contributed by atoms with Crippen molar-refractivity contribution in [1.82, 2.24) is 14.8 Å². The number of rotatable bonds is 4. The van der Waals surface area contributed by atoms with Crippen LogP contribution in [0.5, 0.6) is 0 Å². The van der Waals surface area contributed by atoms with Crippen LogP contribution in [0.25, 0.3) is 11.4 Å². The molecule has 1 amide bonds. The van der Waals surface area contributed by atoms with Crippen molar-refractivity contribution in [3.05, 3.63) is 54.1 Å². The number of anilines is 1. The minimum atomic E-state index is 0.108. The van der Waals surface area contributed by atoms with E-state index in [9.17, 15) is 4.79 Å². The van der Waals surface area contributed by atoms with Crippen molar-refractivity contribution in [2.24, 2.45) is 7.05 Å². The highest BCUT2D eigenvalue weighted by Gasteiger charge is 2.24. The summed E-state index contributed by atoms with van der Waals surface area (Å²) < 4.78 is 1.96. The maximum absolute atomic E-state index is 13.1. The molecular weight excluding hydrogens is 400 g/mol. The van der Waals surface area contributed by atoms with Crippen LogP contribution < -0.4 is 4.90 Å². The third-order valence-corrected chi connectivity index (χ3v) is 7.26. The number of thioether (sulfide) groups is 2. The Kier molecular flexibility index (Phi) is 5.96. The van der Waals surface area contributed by atoms with E-state index in [1.807, 2.05) is 58.6 Å². The summed E-state index contributed by atoms with van der Waals surface area (Å²) in [5, 5.41) is 9.89. The van der Waals surface area contributed by atoms with E-state index in [2.05, 4.69) is 42.2 Å². The van der Waals surface area contributed by atoms with Crippen LogP contribution in [0.1, 0.15) is 18.9 Å². The zero-order chi connectivity index (χ0) is 20.4. The number of hydrogen-bond donors (Lipinski definition) is 0.